The summed E-state index contributed by atoms with van der Waals surface area (Å²) in [4.78, 5) is 0. The Morgan fingerprint density at radius 3 is 2.81 bits per heavy atom. The third-order valence-corrected chi connectivity index (χ3v) is 2.94. The standard InChI is InChI=1S/C15H11O/c1-11-14-5-3-2-4-12(14)6-7-15(11)13-8-9-16-10-13/h2-5,7-10H,1H3. The molecular formula is C15H11O. The maximum Gasteiger partial charge on any atom is 0.0981 e. The van der Waals surface area contributed by atoms with E-state index in [1.807, 2.05) is 18.2 Å². The second-order valence-electron chi connectivity index (χ2n) is 3.88. The minimum absolute atomic E-state index is 1.11. The van der Waals surface area contributed by atoms with Crippen molar-refractivity contribution in [1.82, 2.24) is 0 Å². The van der Waals surface area contributed by atoms with E-state index in [-0.39, 0.29) is 0 Å². The van der Waals surface area contributed by atoms with Gasteiger partial charge in [-0.3, -0.25) is 0 Å². The third kappa shape index (κ3) is 1.33. The van der Waals surface area contributed by atoms with E-state index in [9.17, 15) is 0 Å². The van der Waals surface area contributed by atoms with E-state index in [0.29, 0.717) is 0 Å². The molecule has 0 atom stereocenters. The molecule has 0 aliphatic carbocycles. The lowest BCUT2D eigenvalue weighted by Crippen LogP contribution is -1.84. The Hall–Kier alpha value is -2.02. The Morgan fingerprint density at radius 2 is 2.00 bits per heavy atom. The second-order valence-corrected chi connectivity index (χ2v) is 3.88. The van der Waals surface area contributed by atoms with Gasteiger partial charge in [-0.2, -0.15) is 0 Å². The summed E-state index contributed by atoms with van der Waals surface area (Å²) in [6, 6.07) is 15.6. The molecule has 3 aromatic rings. The van der Waals surface area contributed by atoms with Gasteiger partial charge in [0, 0.05) is 5.56 Å². The van der Waals surface area contributed by atoms with Crippen LogP contribution in [0.4, 0.5) is 0 Å². The van der Waals surface area contributed by atoms with Crippen LogP contribution in [0.3, 0.4) is 0 Å². The Kier molecular flexibility index (Phi) is 2.03. The van der Waals surface area contributed by atoms with Crippen LogP contribution < -0.4 is 0 Å². The van der Waals surface area contributed by atoms with Crippen molar-refractivity contribution >= 4 is 10.8 Å². The monoisotopic (exact) mass is 207 g/mol. The molecule has 77 valence electrons. The van der Waals surface area contributed by atoms with Gasteiger partial charge in [0.1, 0.15) is 0 Å². The Morgan fingerprint density at radius 1 is 1.12 bits per heavy atom. The fourth-order valence-corrected chi connectivity index (χ4v) is 2.06. The summed E-state index contributed by atoms with van der Waals surface area (Å²) in [5.74, 6) is 0. The first-order valence-electron chi connectivity index (χ1n) is 5.29. The van der Waals surface area contributed by atoms with E-state index >= 15 is 0 Å². The van der Waals surface area contributed by atoms with E-state index < -0.39 is 0 Å². The van der Waals surface area contributed by atoms with E-state index in [2.05, 4.69) is 31.2 Å². The number of fused-ring (bicyclic) bond motifs is 1. The molecule has 16 heavy (non-hydrogen) atoms. The minimum Gasteiger partial charge on any atom is -0.472 e. The lowest BCUT2D eigenvalue weighted by molar-refractivity contribution is 0.568. The van der Waals surface area contributed by atoms with E-state index in [1.54, 1.807) is 12.5 Å². The van der Waals surface area contributed by atoms with Gasteiger partial charge < -0.3 is 4.42 Å². The van der Waals surface area contributed by atoms with Crippen LogP contribution in [0.2, 0.25) is 0 Å². The van der Waals surface area contributed by atoms with Gasteiger partial charge in [-0.25, -0.2) is 0 Å². The maximum absolute atomic E-state index is 5.12. The molecule has 0 fully saturated rings. The topological polar surface area (TPSA) is 13.1 Å². The predicted octanol–water partition coefficient (Wildman–Crippen LogP) is 4.21. The minimum atomic E-state index is 1.11. The van der Waals surface area contributed by atoms with Gasteiger partial charge in [-0.1, -0.05) is 24.3 Å². The summed E-state index contributed by atoms with van der Waals surface area (Å²) in [5.41, 5.74) is 3.57. The van der Waals surface area contributed by atoms with Crippen LogP contribution in [0.1, 0.15) is 5.56 Å². The number of furan rings is 1. The lowest BCUT2D eigenvalue weighted by atomic mass is 9.97. The zero-order chi connectivity index (χ0) is 11.0. The Bertz CT molecular complexity index is 621. The van der Waals surface area contributed by atoms with Crippen LogP contribution in [-0.4, -0.2) is 0 Å². The van der Waals surface area contributed by atoms with Gasteiger partial charge in [-0.15, -0.1) is 0 Å². The fraction of sp³-hybridized carbons (Fsp3) is 0.0667. The first kappa shape index (κ1) is 9.22. The van der Waals surface area contributed by atoms with Gasteiger partial charge in [0.05, 0.1) is 12.5 Å². The average molecular weight is 207 g/mol. The van der Waals surface area contributed by atoms with Crippen LogP contribution >= 0.6 is 0 Å². The van der Waals surface area contributed by atoms with Crippen LogP contribution in [0.25, 0.3) is 21.9 Å². The molecule has 0 N–H and O–H groups in total. The molecule has 0 unspecified atom stereocenters. The number of aryl methyl sites for hydroxylation is 1. The number of hydrogen-bond donors (Lipinski definition) is 0. The van der Waals surface area contributed by atoms with Gasteiger partial charge in [0.15, 0.2) is 0 Å². The molecule has 1 heterocycles. The lowest BCUT2D eigenvalue weighted by Gasteiger charge is -2.06. The summed E-state index contributed by atoms with van der Waals surface area (Å²) < 4.78 is 5.12. The summed E-state index contributed by atoms with van der Waals surface area (Å²) in [6.45, 7) is 2.14. The van der Waals surface area contributed by atoms with E-state index in [4.69, 9.17) is 4.42 Å². The van der Waals surface area contributed by atoms with Gasteiger partial charge in [0.25, 0.3) is 0 Å². The molecule has 0 amide bonds. The van der Waals surface area contributed by atoms with Crippen molar-refractivity contribution in [1.29, 1.82) is 0 Å². The van der Waals surface area contributed by atoms with Gasteiger partial charge >= 0.3 is 0 Å². The number of hydrogen-bond acceptors (Lipinski definition) is 1. The number of benzene rings is 2. The van der Waals surface area contributed by atoms with E-state index in [0.717, 1.165) is 10.9 Å². The van der Waals surface area contributed by atoms with Crippen LogP contribution in [0.5, 0.6) is 0 Å². The summed E-state index contributed by atoms with van der Waals surface area (Å²) in [7, 11) is 0. The van der Waals surface area contributed by atoms with Crippen molar-refractivity contribution in [2.24, 2.45) is 0 Å². The SMILES string of the molecule is Cc1c(-c2ccoc2)c[c]c2ccccc12. The summed E-state index contributed by atoms with van der Waals surface area (Å²) >= 11 is 0. The average Bonchev–Trinajstić information content (AvgIpc) is 2.83. The largest absolute Gasteiger partial charge is 0.472 e. The highest BCUT2D eigenvalue weighted by atomic mass is 16.3. The van der Waals surface area contributed by atoms with E-state index in [1.165, 1.54) is 16.5 Å². The molecule has 0 aliphatic rings. The summed E-state index contributed by atoms with van der Waals surface area (Å²) in [6.07, 6.45) is 3.47. The van der Waals surface area contributed by atoms with Gasteiger partial charge in [0.2, 0.25) is 0 Å². The molecule has 0 bridgehead atoms. The first-order valence-corrected chi connectivity index (χ1v) is 5.29. The van der Waals surface area contributed by atoms with Crippen molar-refractivity contribution < 1.29 is 4.42 Å². The number of rotatable bonds is 1. The van der Waals surface area contributed by atoms with Crippen molar-refractivity contribution in [3.8, 4) is 11.1 Å². The van der Waals surface area contributed by atoms with Crippen molar-refractivity contribution in [3.05, 3.63) is 60.6 Å². The molecule has 0 saturated heterocycles. The molecule has 2 aromatic carbocycles. The van der Waals surface area contributed by atoms with Crippen molar-refractivity contribution in [2.75, 3.05) is 0 Å². The van der Waals surface area contributed by atoms with Crippen molar-refractivity contribution in [2.45, 2.75) is 6.92 Å². The maximum atomic E-state index is 5.12. The molecule has 1 nitrogen and oxygen atoms in total. The highest BCUT2D eigenvalue weighted by Gasteiger charge is 2.06. The van der Waals surface area contributed by atoms with Crippen LogP contribution in [-0.2, 0) is 0 Å². The zero-order valence-electron chi connectivity index (χ0n) is 9.03. The summed E-state index contributed by atoms with van der Waals surface area (Å²) in [5, 5.41) is 2.41. The molecule has 1 heteroatoms. The van der Waals surface area contributed by atoms with Crippen LogP contribution in [0.15, 0.2) is 53.3 Å². The molecule has 3 rings (SSSR count). The molecular weight excluding hydrogens is 196 g/mol. The highest BCUT2D eigenvalue weighted by molar-refractivity contribution is 5.90. The predicted molar refractivity (Wildman–Crippen MR) is 65.2 cm³/mol. The normalized spacial score (nSPS) is 10.8. The molecule has 1 aromatic heterocycles. The highest BCUT2D eigenvalue weighted by Crippen LogP contribution is 2.29. The molecule has 1 radical (unpaired) electrons. The third-order valence-electron chi connectivity index (χ3n) is 2.94. The quantitative estimate of drug-likeness (QED) is 0.582. The van der Waals surface area contributed by atoms with Gasteiger partial charge in [-0.05, 0) is 47.0 Å². The molecule has 0 aliphatic heterocycles. The Labute approximate surface area is 94.3 Å². The van der Waals surface area contributed by atoms with Crippen molar-refractivity contribution in [3.63, 3.8) is 0 Å². The molecule has 0 saturated carbocycles. The second kappa shape index (κ2) is 3.53. The fourth-order valence-electron chi connectivity index (χ4n) is 2.06. The zero-order valence-corrected chi connectivity index (χ0v) is 9.03. The molecule has 0 spiro atoms. The van der Waals surface area contributed by atoms with Crippen LogP contribution in [0, 0.1) is 13.0 Å². The first-order chi connectivity index (χ1) is 7.86. The Balaban J connectivity index is 2.32. The smallest absolute Gasteiger partial charge is 0.0981 e.